The zero-order chi connectivity index (χ0) is 31.6. The molecule has 0 saturated carbocycles. The van der Waals surface area contributed by atoms with Crippen LogP contribution in [0.25, 0.3) is 43.4 Å². The predicted molar refractivity (Wildman–Crippen MR) is 200 cm³/mol. The van der Waals surface area contributed by atoms with E-state index < -0.39 is 0 Å². The molecule has 0 spiro atoms. The highest BCUT2D eigenvalue weighted by molar-refractivity contribution is 6.98. The summed E-state index contributed by atoms with van der Waals surface area (Å²) in [4.78, 5) is 0. The molecule has 0 aliphatic heterocycles. The van der Waals surface area contributed by atoms with Crippen molar-refractivity contribution in [3.8, 4) is 11.1 Å². The fourth-order valence-electron chi connectivity index (χ4n) is 8.02. The smallest absolute Gasteiger partial charge is 0.0657 e. The van der Waals surface area contributed by atoms with E-state index >= 15 is 0 Å². The van der Waals surface area contributed by atoms with E-state index in [1.165, 1.54) is 93.2 Å². The Morgan fingerprint density at radius 3 is 1.71 bits per heavy atom. The second-order valence-electron chi connectivity index (χ2n) is 14.1. The van der Waals surface area contributed by atoms with Gasteiger partial charge in [-0.3, -0.25) is 0 Å². The summed E-state index contributed by atoms with van der Waals surface area (Å²) in [5.74, 6) is 0. The van der Waals surface area contributed by atoms with Gasteiger partial charge in [0.15, 0.2) is 0 Å². The van der Waals surface area contributed by atoms with Gasteiger partial charge >= 0.3 is 0 Å². The Balaban J connectivity index is 1.52. The molecule has 0 heterocycles. The lowest BCUT2D eigenvalue weighted by Gasteiger charge is -2.26. The quantitative estimate of drug-likeness (QED) is 0.135. The predicted octanol–water partition coefficient (Wildman–Crippen LogP) is 10.00. The fraction of sp³-hybridized carbons (Fsp3) is 0.227. The number of hydrogen-bond acceptors (Lipinski definition) is 0. The normalized spacial score (nSPS) is 12.1. The first-order valence-electron chi connectivity index (χ1n) is 16.5. The average Bonchev–Trinajstić information content (AvgIpc) is 3.02. The first-order chi connectivity index (χ1) is 21.6. The van der Waals surface area contributed by atoms with E-state index in [2.05, 4.69) is 159 Å². The van der Waals surface area contributed by atoms with Gasteiger partial charge in [0, 0.05) is 0 Å². The van der Waals surface area contributed by atoms with Crippen LogP contribution in [0.4, 0.5) is 0 Å². The van der Waals surface area contributed by atoms with Crippen LogP contribution in [0.1, 0.15) is 60.6 Å². The first-order valence-corrected chi connectivity index (χ1v) is 16.5. The minimum absolute atomic E-state index is 0.144. The summed E-state index contributed by atoms with van der Waals surface area (Å²) in [6, 6.07) is 39.6. The minimum atomic E-state index is 0.144. The Hall–Kier alpha value is -4.36. The largest absolute Gasteiger partial charge is 0.243 e. The Morgan fingerprint density at radius 1 is 0.556 bits per heavy atom. The van der Waals surface area contributed by atoms with Crippen molar-refractivity contribution in [1.29, 1.82) is 0 Å². The zero-order valence-corrected chi connectivity index (χ0v) is 28.1. The highest BCUT2D eigenvalue weighted by Gasteiger charge is 2.30. The number of rotatable bonds is 6. The Morgan fingerprint density at radius 2 is 1.09 bits per heavy atom. The van der Waals surface area contributed by atoms with E-state index in [9.17, 15) is 0 Å². The van der Waals surface area contributed by atoms with Crippen LogP contribution in [0.15, 0.2) is 103 Å². The van der Waals surface area contributed by atoms with E-state index in [0.717, 1.165) is 6.42 Å². The molecule has 45 heavy (non-hydrogen) atoms. The summed E-state index contributed by atoms with van der Waals surface area (Å²) in [5.41, 5.74) is 15.2. The van der Waals surface area contributed by atoms with Crippen molar-refractivity contribution < 1.29 is 0 Å². The lowest BCUT2D eigenvalue weighted by Crippen LogP contribution is -2.56. The van der Waals surface area contributed by atoms with Gasteiger partial charge in [0.05, 0.1) is 0 Å². The maximum atomic E-state index is 2.41. The highest BCUT2D eigenvalue weighted by atomic mass is 14.2. The molecule has 0 saturated heterocycles. The van der Waals surface area contributed by atoms with Gasteiger partial charge in [-0.15, -0.1) is 0 Å². The number of aryl methyl sites for hydroxylation is 5. The second-order valence-corrected chi connectivity index (χ2v) is 14.1. The molecule has 0 aromatic heterocycles. The molecule has 222 valence electrons. The van der Waals surface area contributed by atoms with Crippen LogP contribution in [0.3, 0.4) is 0 Å². The van der Waals surface area contributed by atoms with Crippen molar-refractivity contribution in [3.05, 3.63) is 137 Å². The summed E-state index contributed by atoms with van der Waals surface area (Å²) in [6.07, 6.45) is 1.12. The molecule has 0 atom stereocenters. The van der Waals surface area contributed by atoms with Gasteiger partial charge in [0.1, 0.15) is 0 Å². The van der Waals surface area contributed by atoms with Gasteiger partial charge in [0.25, 0.3) is 0 Å². The maximum Gasteiger partial charge on any atom is 0.243 e. The summed E-state index contributed by atoms with van der Waals surface area (Å²) >= 11 is 0. The molecule has 7 aromatic carbocycles. The standard InChI is InChI=1S/C44H43B/c1-9-44(7,8)35-19-13-32(14-20-35)36-21-15-33-17-23-38-39(24-18-34-16-22-37(36)40(33)41(34)38)45(42-28(3)11-10-12-29(42)4)43-30(5)25-27(2)26-31(43)6/h10-26H,9H2,1-8H3. The van der Waals surface area contributed by atoms with Crippen LogP contribution < -0.4 is 16.4 Å². The van der Waals surface area contributed by atoms with Crippen molar-refractivity contribution in [2.45, 2.75) is 67.2 Å². The van der Waals surface area contributed by atoms with Gasteiger partial charge in [-0.25, -0.2) is 0 Å². The highest BCUT2D eigenvalue weighted by Crippen LogP contribution is 2.39. The Kier molecular flexibility index (Phi) is 7.12. The fourth-order valence-corrected chi connectivity index (χ4v) is 8.02. The molecular weight excluding hydrogens is 539 g/mol. The summed E-state index contributed by atoms with van der Waals surface area (Å²) in [5, 5.41) is 8.05. The van der Waals surface area contributed by atoms with Gasteiger partial charge in [-0.2, -0.15) is 0 Å². The van der Waals surface area contributed by atoms with Crippen molar-refractivity contribution >= 4 is 55.4 Å². The topological polar surface area (TPSA) is 0 Å². The summed E-state index contributed by atoms with van der Waals surface area (Å²) < 4.78 is 0. The molecule has 0 nitrogen and oxygen atoms in total. The van der Waals surface area contributed by atoms with Gasteiger partial charge < -0.3 is 0 Å². The summed E-state index contributed by atoms with van der Waals surface area (Å²) in [6.45, 7) is 18.5. The van der Waals surface area contributed by atoms with Crippen LogP contribution in [-0.2, 0) is 5.41 Å². The third kappa shape index (κ3) is 4.76. The number of hydrogen-bond donors (Lipinski definition) is 0. The first kappa shape index (κ1) is 29.4. The maximum absolute atomic E-state index is 2.41. The van der Waals surface area contributed by atoms with Crippen molar-refractivity contribution in [2.75, 3.05) is 0 Å². The molecule has 0 aliphatic carbocycles. The van der Waals surface area contributed by atoms with Crippen LogP contribution in [0, 0.1) is 34.6 Å². The average molecular weight is 583 g/mol. The van der Waals surface area contributed by atoms with Crippen LogP contribution >= 0.6 is 0 Å². The lowest BCUT2D eigenvalue weighted by atomic mass is 9.33. The van der Waals surface area contributed by atoms with Crippen molar-refractivity contribution in [3.63, 3.8) is 0 Å². The lowest BCUT2D eigenvalue weighted by molar-refractivity contribution is 0.506. The second kappa shape index (κ2) is 10.9. The van der Waals surface area contributed by atoms with Crippen LogP contribution in [0.2, 0.25) is 0 Å². The third-order valence-corrected chi connectivity index (χ3v) is 10.7. The molecule has 7 aromatic rings. The van der Waals surface area contributed by atoms with E-state index in [-0.39, 0.29) is 12.1 Å². The van der Waals surface area contributed by atoms with Crippen LogP contribution in [0.5, 0.6) is 0 Å². The van der Waals surface area contributed by atoms with Crippen molar-refractivity contribution in [2.24, 2.45) is 0 Å². The summed E-state index contributed by atoms with van der Waals surface area (Å²) in [7, 11) is 0. The Bertz CT molecular complexity index is 2170. The molecule has 1 heteroatoms. The van der Waals surface area contributed by atoms with Gasteiger partial charge in [-0.1, -0.05) is 168 Å². The third-order valence-electron chi connectivity index (χ3n) is 10.7. The van der Waals surface area contributed by atoms with Crippen LogP contribution in [-0.4, -0.2) is 6.71 Å². The van der Waals surface area contributed by atoms with E-state index in [1.807, 2.05) is 0 Å². The zero-order valence-electron chi connectivity index (χ0n) is 28.1. The molecule has 0 aliphatic rings. The minimum Gasteiger partial charge on any atom is -0.0657 e. The number of benzene rings is 7. The Labute approximate surface area is 269 Å². The van der Waals surface area contributed by atoms with Gasteiger partial charge in [-0.05, 0) is 95.5 Å². The molecule has 0 radical (unpaired) electrons. The van der Waals surface area contributed by atoms with E-state index in [0.29, 0.717) is 0 Å². The van der Waals surface area contributed by atoms with Crippen molar-refractivity contribution in [1.82, 2.24) is 0 Å². The molecule has 0 bridgehead atoms. The SMILES string of the molecule is CCC(C)(C)c1ccc(-c2ccc3ccc4c(B(c5c(C)cccc5C)c5c(C)cc(C)cc5C)ccc5ccc2c3c54)cc1. The molecule has 0 unspecified atom stereocenters. The molecule has 0 fully saturated rings. The molecular formula is C44H43B. The monoisotopic (exact) mass is 582 g/mol. The molecule has 0 N–H and O–H groups in total. The van der Waals surface area contributed by atoms with Gasteiger partial charge in [0.2, 0.25) is 6.71 Å². The van der Waals surface area contributed by atoms with E-state index in [4.69, 9.17) is 0 Å². The molecule has 7 rings (SSSR count). The molecule has 0 amide bonds. The van der Waals surface area contributed by atoms with E-state index in [1.54, 1.807) is 0 Å².